The largest absolute Gasteiger partial charge is 0.484 e. The number of benzene rings is 2. The van der Waals surface area contributed by atoms with E-state index in [-0.39, 0.29) is 18.2 Å². The molecule has 0 aliphatic rings. The quantitative estimate of drug-likeness (QED) is 0.679. The number of rotatable bonds is 5. The fourth-order valence-corrected chi connectivity index (χ4v) is 1.89. The van der Waals surface area contributed by atoms with E-state index in [1.807, 2.05) is 32.0 Å². The summed E-state index contributed by atoms with van der Waals surface area (Å²) in [4.78, 5) is 21.9. The Balaban J connectivity index is 1.92. The van der Waals surface area contributed by atoms with E-state index in [1.54, 1.807) is 0 Å². The summed E-state index contributed by atoms with van der Waals surface area (Å²) in [6.07, 6.45) is 0. The van der Waals surface area contributed by atoms with Crippen LogP contribution in [0.15, 0.2) is 42.5 Å². The molecule has 0 spiro atoms. The van der Waals surface area contributed by atoms with Crippen LogP contribution in [0.5, 0.6) is 5.75 Å². The Kier molecular flexibility index (Phi) is 4.73. The molecule has 22 heavy (non-hydrogen) atoms. The molecule has 6 heteroatoms. The van der Waals surface area contributed by atoms with Crippen molar-refractivity contribution in [2.75, 3.05) is 11.9 Å². The normalized spacial score (nSPS) is 10.1. The van der Waals surface area contributed by atoms with Gasteiger partial charge in [0.1, 0.15) is 5.75 Å². The summed E-state index contributed by atoms with van der Waals surface area (Å²) < 4.78 is 5.31. The third-order valence-electron chi connectivity index (χ3n) is 3.30. The zero-order chi connectivity index (χ0) is 16.1. The first-order valence-corrected chi connectivity index (χ1v) is 6.70. The first-order chi connectivity index (χ1) is 10.5. The van der Waals surface area contributed by atoms with E-state index in [0.717, 1.165) is 16.8 Å². The molecule has 1 amide bonds. The maximum Gasteiger partial charge on any atom is 0.269 e. The number of nitrogens with one attached hydrogen (secondary N) is 1. The lowest BCUT2D eigenvalue weighted by molar-refractivity contribution is -0.384. The Morgan fingerprint density at radius 3 is 2.50 bits per heavy atom. The third-order valence-corrected chi connectivity index (χ3v) is 3.30. The van der Waals surface area contributed by atoms with E-state index in [9.17, 15) is 14.9 Å². The summed E-state index contributed by atoms with van der Waals surface area (Å²) in [5, 5.41) is 13.3. The Labute approximate surface area is 127 Å². The van der Waals surface area contributed by atoms with Gasteiger partial charge in [-0.25, -0.2) is 0 Å². The number of aryl methyl sites for hydroxylation is 1. The maximum atomic E-state index is 11.9. The smallest absolute Gasteiger partial charge is 0.269 e. The Morgan fingerprint density at radius 2 is 1.86 bits per heavy atom. The number of amides is 1. The number of nitrogens with zero attached hydrogens (tertiary/aromatic N) is 1. The molecule has 0 unspecified atom stereocenters. The second-order valence-corrected chi connectivity index (χ2v) is 4.84. The predicted molar refractivity (Wildman–Crippen MR) is 83.1 cm³/mol. The molecule has 0 aliphatic carbocycles. The Bertz CT molecular complexity index is 696. The number of nitro groups is 1. The predicted octanol–water partition coefficient (Wildman–Crippen LogP) is 3.23. The van der Waals surface area contributed by atoms with Crippen LogP contribution >= 0.6 is 0 Å². The number of hydrogen-bond acceptors (Lipinski definition) is 4. The molecule has 0 bridgehead atoms. The number of non-ortho nitro benzene ring substituents is 1. The molecule has 0 atom stereocenters. The Morgan fingerprint density at radius 1 is 1.18 bits per heavy atom. The van der Waals surface area contributed by atoms with Crippen molar-refractivity contribution in [2.45, 2.75) is 13.8 Å². The van der Waals surface area contributed by atoms with Crippen LogP contribution in [0.4, 0.5) is 11.4 Å². The number of carbonyl (C=O) groups is 1. The maximum absolute atomic E-state index is 11.9. The van der Waals surface area contributed by atoms with E-state index in [1.165, 1.54) is 24.3 Å². The molecule has 2 rings (SSSR count). The molecule has 0 saturated carbocycles. The highest BCUT2D eigenvalue weighted by molar-refractivity contribution is 5.92. The molecule has 114 valence electrons. The first kappa shape index (κ1) is 15.5. The minimum atomic E-state index is -0.489. The minimum Gasteiger partial charge on any atom is -0.484 e. The molecule has 0 heterocycles. The van der Waals surface area contributed by atoms with Crippen molar-refractivity contribution in [1.82, 2.24) is 0 Å². The summed E-state index contributed by atoms with van der Waals surface area (Å²) in [7, 11) is 0. The van der Waals surface area contributed by atoms with Gasteiger partial charge in [-0.2, -0.15) is 0 Å². The second-order valence-electron chi connectivity index (χ2n) is 4.84. The third kappa shape index (κ3) is 3.82. The summed E-state index contributed by atoms with van der Waals surface area (Å²) in [6, 6.07) is 11.3. The van der Waals surface area contributed by atoms with Crippen molar-refractivity contribution < 1.29 is 14.5 Å². The Hall–Kier alpha value is -2.89. The van der Waals surface area contributed by atoms with Crippen molar-refractivity contribution in [3.05, 3.63) is 63.7 Å². The van der Waals surface area contributed by atoms with Crippen molar-refractivity contribution in [2.24, 2.45) is 0 Å². The van der Waals surface area contributed by atoms with Crippen LogP contribution in [0.1, 0.15) is 11.1 Å². The van der Waals surface area contributed by atoms with E-state index in [4.69, 9.17) is 4.74 Å². The monoisotopic (exact) mass is 300 g/mol. The van der Waals surface area contributed by atoms with Crippen LogP contribution in [0.2, 0.25) is 0 Å². The van der Waals surface area contributed by atoms with Gasteiger partial charge in [0.15, 0.2) is 6.61 Å². The molecular formula is C16H16N2O4. The van der Waals surface area contributed by atoms with Crippen LogP contribution in [-0.2, 0) is 4.79 Å². The van der Waals surface area contributed by atoms with Gasteiger partial charge in [-0.05, 0) is 43.2 Å². The van der Waals surface area contributed by atoms with Gasteiger partial charge in [-0.15, -0.1) is 0 Å². The molecule has 2 aromatic carbocycles. The fourth-order valence-electron chi connectivity index (χ4n) is 1.89. The lowest BCUT2D eigenvalue weighted by Gasteiger charge is -2.11. The van der Waals surface area contributed by atoms with E-state index >= 15 is 0 Å². The van der Waals surface area contributed by atoms with Gasteiger partial charge in [-0.1, -0.05) is 12.1 Å². The number of nitro benzene ring substituents is 1. The van der Waals surface area contributed by atoms with Crippen molar-refractivity contribution in [3.8, 4) is 5.75 Å². The van der Waals surface area contributed by atoms with Crippen LogP contribution < -0.4 is 10.1 Å². The van der Waals surface area contributed by atoms with Gasteiger partial charge in [-0.3, -0.25) is 14.9 Å². The van der Waals surface area contributed by atoms with E-state index in [2.05, 4.69) is 5.32 Å². The number of carbonyl (C=O) groups excluding carboxylic acids is 1. The van der Waals surface area contributed by atoms with Gasteiger partial charge >= 0.3 is 0 Å². The van der Waals surface area contributed by atoms with Gasteiger partial charge in [0.05, 0.1) is 4.92 Å². The molecule has 6 nitrogen and oxygen atoms in total. The van der Waals surface area contributed by atoms with Gasteiger partial charge in [0.2, 0.25) is 0 Å². The van der Waals surface area contributed by atoms with E-state index in [0.29, 0.717) is 5.75 Å². The zero-order valence-electron chi connectivity index (χ0n) is 12.3. The summed E-state index contributed by atoms with van der Waals surface area (Å²) in [6.45, 7) is 3.74. The second kappa shape index (κ2) is 6.71. The molecular weight excluding hydrogens is 284 g/mol. The molecule has 0 saturated heterocycles. The van der Waals surface area contributed by atoms with Gasteiger partial charge in [0, 0.05) is 17.8 Å². The van der Waals surface area contributed by atoms with Gasteiger partial charge < -0.3 is 10.1 Å². The lowest BCUT2D eigenvalue weighted by Crippen LogP contribution is -2.20. The average molecular weight is 300 g/mol. The van der Waals surface area contributed by atoms with Crippen molar-refractivity contribution >= 4 is 17.3 Å². The number of anilines is 1. The van der Waals surface area contributed by atoms with Crippen LogP contribution in [-0.4, -0.2) is 17.4 Å². The standard InChI is InChI=1S/C16H16N2O4/c1-11-4-3-5-15(12(11)2)17-16(19)10-22-14-8-6-13(7-9-14)18(20)21/h3-9H,10H2,1-2H3,(H,17,19). The van der Waals surface area contributed by atoms with Crippen molar-refractivity contribution in [1.29, 1.82) is 0 Å². The van der Waals surface area contributed by atoms with E-state index < -0.39 is 4.92 Å². The average Bonchev–Trinajstić information content (AvgIpc) is 2.50. The molecule has 0 fully saturated rings. The molecule has 0 aromatic heterocycles. The SMILES string of the molecule is Cc1cccc(NC(=O)COc2ccc([N+](=O)[O-])cc2)c1C. The summed E-state index contributed by atoms with van der Waals surface area (Å²) in [5.41, 5.74) is 2.82. The highest BCUT2D eigenvalue weighted by atomic mass is 16.6. The minimum absolute atomic E-state index is 0.0211. The first-order valence-electron chi connectivity index (χ1n) is 6.70. The topological polar surface area (TPSA) is 81.5 Å². The molecule has 0 aliphatic heterocycles. The summed E-state index contributed by atoms with van der Waals surface area (Å²) in [5.74, 6) is 0.119. The molecule has 2 aromatic rings. The highest BCUT2D eigenvalue weighted by Gasteiger charge is 2.08. The highest BCUT2D eigenvalue weighted by Crippen LogP contribution is 2.19. The number of hydrogen-bond donors (Lipinski definition) is 1. The van der Waals surface area contributed by atoms with Crippen molar-refractivity contribution in [3.63, 3.8) is 0 Å². The molecule has 1 N–H and O–H groups in total. The fraction of sp³-hybridized carbons (Fsp3) is 0.188. The van der Waals surface area contributed by atoms with Crippen LogP contribution in [0, 0.1) is 24.0 Å². The number of ether oxygens (including phenoxy) is 1. The summed E-state index contributed by atoms with van der Waals surface area (Å²) >= 11 is 0. The van der Waals surface area contributed by atoms with Crippen LogP contribution in [0.25, 0.3) is 0 Å². The zero-order valence-corrected chi connectivity index (χ0v) is 12.3. The molecule has 0 radical (unpaired) electrons. The van der Waals surface area contributed by atoms with Gasteiger partial charge in [0.25, 0.3) is 11.6 Å². The van der Waals surface area contributed by atoms with Crippen LogP contribution in [0.3, 0.4) is 0 Å². The lowest BCUT2D eigenvalue weighted by atomic mass is 10.1.